The third kappa shape index (κ3) is 6.75. The Bertz CT molecular complexity index is 220. The molecule has 1 heterocycles. The normalized spacial score (nSPS) is 25.8. The minimum Gasteiger partial charge on any atom is -0.312 e. The molecule has 0 amide bonds. The maximum absolute atomic E-state index is 3.56. The van der Waals surface area contributed by atoms with Crippen LogP contribution in [0.1, 0.15) is 66.7 Å². The van der Waals surface area contributed by atoms with E-state index in [0.717, 1.165) is 12.0 Å². The highest BCUT2D eigenvalue weighted by Crippen LogP contribution is 2.22. The van der Waals surface area contributed by atoms with Crippen LogP contribution in [0.15, 0.2) is 0 Å². The molecular formula is C16H34N2. The van der Waals surface area contributed by atoms with Gasteiger partial charge in [-0.1, -0.05) is 19.8 Å². The highest BCUT2D eigenvalue weighted by molar-refractivity contribution is 4.79. The molecule has 0 aromatic heterocycles. The van der Waals surface area contributed by atoms with E-state index in [1.807, 2.05) is 0 Å². The molecule has 1 fully saturated rings. The number of hydrogen-bond acceptors (Lipinski definition) is 2. The van der Waals surface area contributed by atoms with Crippen LogP contribution >= 0.6 is 0 Å². The molecule has 0 spiro atoms. The lowest BCUT2D eigenvalue weighted by atomic mass is 10.1. The van der Waals surface area contributed by atoms with Gasteiger partial charge in [0, 0.05) is 18.1 Å². The molecule has 2 nitrogen and oxygen atoms in total. The number of nitrogens with one attached hydrogen (secondary N) is 1. The summed E-state index contributed by atoms with van der Waals surface area (Å²) in [6.45, 7) is 15.3. The molecule has 0 aromatic rings. The lowest BCUT2D eigenvalue weighted by molar-refractivity contribution is 0.258. The quantitative estimate of drug-likeness (QED) is 0.697. The summed E-state index contributed by atoms with van der Waals surface area (Å²) in [4.78, 5) is 2.68. The number of rotatable bonds is 7. The summed E-state index contributed by atoms with van der Waals surface area (Å²) in [5, 5.41) is 3.56. The van der Waals surface area contributed by atoms with Crippen molar-refractivity contribution >= 4 is 0 Å². The largest absolute Gasteiger partial charge is 0.312 e. The molecule has 1 aliphatic heterocycles. The van der Waals surface area contributed by atoms with Gasteiger partial charge in [-0.15, -0.1) is 0 Å². The maximum Gasteiger partial charge on any atom is 0.00965 e. The first-order valence-electron chi connectivity index (χ1n) is 7.87. The van der Waals surface area contributed by atoms with Crippen molar-refractivity contribution in [3.05, 3.63) is 0 Å². The number of likely N-dealkylation sites (tertiary alicyclic amines) is 1. The van der Waals surface area contributed by atoms with E-state index in [0.29, 0.717) is 0 Å². The van der Waals surface area contributed by atoms with Gasteiger partial charge in [0.1, 0.15) is 0 Å². The third-order valence-electron chi connectivity index (χ3n) is 3.94. The van der Waals surface area contributed by atoms with E-state index in [9.17, 15) is 0 Å². The fraction of sp³-hybridized carbons (Fsp3) is 1.00. The average Bonchev–Trinajstić information content (AvgIpc) is 2.54. The minimum atomic E-state index is 0.279. The molecule has 0 aliphatic carbocycles. The average molecular weight is 254 g/mol. The summed E-state index contributed by atoms with van der Waals surface area (Å²) in [5.41, 5.74) is 0.279. The van der Waals surface area contributed by atoms with Gasteiger partial charge in [-0.05, 0) is 66.0 Å². The molecule has 2 heteroatoms. The molecule has 2 atom stereocenters. The van der Waals surface area contributed by atoms with Gasteiger partial charge in [0.05, 0.1) is 0 Å². The first kappa shape index (κ1) is 16.0. The zero-order chi connectivity index (χ0) is 13.6. The predicted octanol–water partition coefficient (Wildman–Crippen LogP) is 3.67. The van der Waals surface area contributed by atoms with Crippen LogP contribution in [0.3, 0.4) is 0 Å². The van der Waals surface area contributed by atoms with Gasteiger partial charge < -0.3 is 10.2 Å². The van der Waals surface area contributed by atoms with Crippen molar-refractivity contribution in [1.29, 1.82) is 0 Å². The Balaban J connectivity index is 1.93. The Hall–Kier alpha value is -0.0800. The number of unbranched alkanes of at least 4 members (excludes halogenated alkanes) is 3. The Kier molecular flexibility index (Phi) is 6.65. The van der Waals surface area contributed by atoms with E-state index in [4.69, 9.17) is 0 Å². The fourth-order valence-electron chi connectivity index (χ4n) is 2.95. The van der Waals surface area contributed by atoms with Crippen LogP contribution < -0.4 is 5.32 Å². The fourth-order valence-corrected chi connectivity index (χ4v) is 2.95. The Morgan fingerprint density at radius 1 is 1.06 bits per heavy atom. The molecule has 1 aliphatic rings. The first-order valence-corrected chi connectivity index (χ1v) is 7.87. The highest BCUT2D eigenvalue weighted by atomic mass is 15.2. The van der Waals surface area contributed by atoms with Crippen LogP contribution in [0.25, 0.3) is 0 Å². The van der Waals surface area contributed by atoms with Gasteiger partial charge in [0.25, 0.3) is 0 Å². The summed E-state index contributed by atoms with van der Waals surface area (Å²) >= 11 is 0. The van der Waals surface area contributed by atoms with Crippen molar-refractivity contribution in [1.82, 2.24) is 10.2 Å². The van der Waals surface area contributed by atoms with Gasteiger partial charge >= 0.3 is 0 Å². The van der Waals surface area contributed by atoms with Gasteiger partial charge in [-0.3, -0.25) is 0 Å². The highest BCUT2D eigenvalue weighted by Gasteiger charge is 2.24. The van der Waals surface area contributed by atoms with Crippen LogP contribution in [0.5, 0.6) is 0 Å². The summed E-state index contributed by atoms with van der Waals surface area (Å²) < 4.78 is 0. The second-order valence-electron chi connectivity index (χ2n) is 7.28. The predicted molar refractivity (Wildman–Crippen MR) is 81.0 cm³/mol. The molecule has 0 radical (unpaired) electrons. The molecule has 0 bridgehead atoms. The third-order valence-corrected chi connectivity index (χ3v) is 3.94. The van der Waals surface area contributed by atoms with Gasteiger partial charge in [0.2, 0.25) is 0 Å². The van der Waals surface area contributed by atoms with Crippen LogP contribution in [0.4, 0.5) is 0 Å². The lowest BCUT2D eigenvalue weighted by Crippen LogP contribution is -2.36. The van der Waals surface area contributed by atoms with E-state index in [-0.39, 0.29) is 5.54 Å². The molecule has 0 aromatic carbocycles. The van der Waals surface area contributed by atoms with Crippen LogP contribution in [-0.4, -0.2) is 36.1 Å². The van der Waals surface area contributed by atoms with E-state index in [2.05, 4.69) is 44.8 Å². The van der Waals surface area contributed by atoms with Crippen molar-refractivity contribution in [2.45, 2.75) is 78.3 Å². The smallest absolute Gasteiger partial charge is 0.00965 e. The molecule has 2 unspecified atom stereocenters. The zero-order valence-electron chi connectivity index (χ0n) is 13.3. The van der Waals surface area contributed by atoms with Crippen LogP contribution in [0, 0.1) is 5.92 Å². The Morgan fingerprint density at radius 2 is 1.72 bits per heavy atom. The van der Waals surface area contributed by atoms with Crippen LogP contribution in [-0.2, 0) is 0 Å². The Morgan fingerprint density at radius 3 is 2.28 bits per heavy atom. The molecular weight excluding hydrogens is 220 g/mol. The van der Waals surface area contributed by atoms with Crippen LogP contribution in [0.2, 0.25) is 0 Å². The monoisotopic (exact) mass is 254 g/mol. The van der Waals surface area contributed by atoms with E-state index < -0.39 is 0 Å². The SMILES string of the molecule is CC1CC(C)N(CCCCCCNC(C)(C)C)C1. The first-order chi connectivity index (χ1) is 8.38. The maximum atomic E-state index is 3.56. The standard InChI is InChI=1S/C16H34N2/c1-14-12-15(2)18(13-14)11-9-7-6-8-10-17-16(3,4)5/h14-15,17H,6-13H2,1-5H3. The second-order valence-corrected chi connectivity index (χ2v) is 7.28. The van der Waals surface area contributed by atoms with Crippen molar-refractivity contribution in [2.75, 3.05) is 19.6 Å². The molecule has 1 N–H and O–H groups in total. The molecule has 108 valence electrons. The molecule has 18 heavy (non-hydrogen) atoms. The zero-order valence-corrected chi connectivity index (χ0v) is 13.3. The van der Waals surface area contributed by atoms with E-state index in [1.165, 1.54) is 51.7 Å². The molecule has 0 saturated carbocycles. The van der Waals surface area contributed by atoms with Crippen molar-refractivity contribution in [3.8, 4) is 0 Å². The molecule has 1 saturated heterocycles. The second kappa shape index (κ2) is 7.49. The molecule has 1 rings (SSSR count). The Labute approximate surface area is 115 Å². The minimum absolute atomic E-state index is 0.279. The van der Waals surface area contributed by atoms with E-state index in [1.54, 1.807) is 0 Å². The van der Waals surface area contributed by atoms with Gasteiger partial charge in [0.15, 0.2) is 0 Å². The van der Waals surface area contributed by atoms with Gasteiger partial charge in [-0.25, -0.2) is 0 Å². The van der Waals surface area contributed by atoms with E-state index >= 15 is 0 Å². The topological polar surface area (TPSA) is 15.3 Å². The number of hydrogen-bond donors (Lipinski definition) is 1. The summed E-state index contributed by atoms with van der Waals surface area (Å²) in [5.74, 6) is 0.913. The summed E-state index contributed by atoms with van der Waals surface area (Å²) in [7, 11) is 0. The van der Waals surface area contributed by atoms with Crippen molar-refractivity contribution in [2.24, 2.45) is 5.92 Å². The lowest BCUT2D eigenvalue weighted by Gasteiger charge is -2.21. The van der Waals surface area contributed by atoms with Crippen molar-refractivity contribution < 1.29 is 0 Å². The van der Waals surface area contributed by atoms with Crippen molar-refractivity contribution in [3.63, 3.8) is 0 Å². The van der Waals surface area contributed by atoms with Gasteiger partial charge in [-0.2, -0.15) is 0 Å². The number of nitrogens with zero attached hydrogens (tertiary/aromatic N) is 1. The summed E-state index contributed by atoms with van der Waals surface area (Å²) in [6, 6.07) is 0.822. The summed E-state index contributed by atoms with van der Waals surface area (Å²) in [6.07, 6.45) is 6.87.